The van der Waals surface area contributed by atoms with Crippen LogP contribution in [0.2, 0.25) is 0 Å². The second-order valence-electron chi connectivity index (χ2n) is 17.5. The number of hydrogen-bond donors (Lipinski definition) is 11. The number of aromatic amines is 1. The Labute approximate surface area is 357 Å². The van der Waals surface area contributed by atoms with Gasteiger partial charge in [-0.05, 0) is 68.7 Å². The van der Waals surface area contributed by atoms with Crippen LogP contribution in [0.5, 0.6) is 0 Å². The Kier molecular flexibility index (Phi) is 19.0. The first-order valence-electron chi connectivity index (χ1n) is 21.6. The Hall–Kier alpha value is -5.07. The molecule has 2 aliphatic heterocycles. The molecule has 2 aliphatic rings. The average Bonchev–Trinajstić information content (AvgIpc) is 3.58. The van der Waals surface area contributed by atoms with Crippen LogP contribution < -0.4 is 43.0 Å². The molecule has 12 N–H and O–H groups in total. The Morgan fingerprint density at radius 3 is 2.05 bits per heavy atom. The molecule has 18 heteroatoms. The van der Waals surface area contributed by atoms with Crippen LogP contribution in [0.3, 0.4) is 0 Å². The van der Waals surface area contributed by atoms with Crippen LogP contribution in [0.4, 0.5) is 0 Å². The predicted octanol–water partition coefficient (Wildman–Crippen LogP) is 0.893. The number of carboxylic acids is 2. The lowest BCUT2D eigenvalue weighted by molar-refractivity contribution is -0.140. The van der Waals surface area contributed by atoms with Crippen LogP contribution in [0.25, 0.3) is 10.9 Å². The summed E-state index contributed by atoms with van der Waals surface area (Å²) in [7, 11) is 0. The zero-order valence-corrected chi connectivity index (χ0v) is 35.9. The van der Waals surface area contributed by atoms with Crippen molar-refractivity contribution in [2.24, 2.45) is 29.4 Å². The summed E-state index contributed by atoms with van der Waals surface area (Å²) in [5, 5.41) is 40.5. The lowest BCUT2D eigenvalue weighted by atomic mass is 9.90. The molecule has 18 nitrogen and oxygen atoms in total. The van der Waals surface area contributed by atoms with Crippen LogP contribution in [-0.2, 0) is 40.0 Å². The molecule has 1 aromatic carbocycles. The van der Waals surface area contributed by atoms with E-state index >= 15 is 0 Å². The third-order valence-electron chi connectivity index (χ3n) is 11.5. The van der Waals surface area contributed by atoms with E-state index in [1.807, 2.05) is 58.2 Å². The monoisotopic (exact) mass is 854 g/mol. The molecule has 4 rings (SSSR count). The van der Waals surface area contributed by atoms with Gasteiger partial charge < -0.3 is 58.1 Å². The van der Waals surface area contributed by atoms with Gasteiger partial charge in [-0.3, -0.25) is 33.6 Å². The lowest BCUT2D eigenvalue weighted by Crippen LogP contribution is -2.57. The molecule has 8 atom stereocenters. The number of para-hydroxylation sites is 1. The number of piperidine rings is 2. The standard InChI is InChI=1S/C43H67N9O9/c1-24(2)15-28(17-37(53)48-27(19-41(58)59)9-10-40(56)57)49-43(61)32-23-46-14-12-35(32)51-39(55)20-36(25(3)4)52-38(54)18-29(50-42(60)31-22-45-13-11-33(31)44)16-26-21-47-34-8-6-5-7-30(26)34/h5-8,21,24-25,27-29,31-33,35-36,45-47H,9-20,22-23,44H2,1-4H3,(H,48,53)(H,49,61)(H,50,60)(H,51,55)(H,52,54)(H,56,57)(H,58,59)/t27-,28-,29-,31+,32+,33+,35+,36+/m0/s1. The number of carbonyl (C=O) groups excluding carboxylic acids is 5. The van der Waals surface area contributed by atoms with Crippen molar-refractivity contribution >= 4 is 52.4 Å². The minimum Gasteiger partial charge on any atom is -0.481 e. The Balaban J connectivity index is 1.38. The number of aliphatic carboxylic acids is 2. The first-order valence-corrected chi connectivity index (χ1v) is 21.6. The molecular formula is C43H67N9O9. The van der Waals surface area contributed by atoms with E-state index in [1.54, 1.807) is 0 Å². The minimum atomic E-state index is -1.17. The van der Waals surface area contributed by atoms with Crippen molar-refractivity contribution in [2.45, 2.75) is 128 Å². The van der Waals surface area contributed by atoms with Crippen molar-refractivity contribution in [1.29, 1.82) is 0 Å². The molecule has 2 saturated heterocycles. The summed E-state index contributed by atoms with van der Waals surface area (Å²) < 4.78 is 0. The van der Waals surface area contributed by atoms with Gasteiger partial charge >= 0.3 is 11.9 Å². The van der Waals surface area contributed by atoms with Crippen molar-refractivity contribution in [3.8, 4) is 0 Å². The van der Waals surface area contributed by atoms with Crippen molar-refractivity contribution < 1.29 is 43.8 Å². The number of H-pyrrole nitrogens is 1. The summed E-state index contributed by atoms with van der Waals surface area (Å²) in [6.07, 6.45) is 2.86. The molecule has 0 saturated carbocycles. The van der Waals surface area contributed by atoms with E-state index < -0.39 is 66.3 Å². The van der Waals surface area contributed by atoms with E-state index in [1.165, 1.54) is 0 Å². The lowest BCUT2D eigenvalue weighted by Gasteiger charge is -2.34. The van der Waals surface area contributed by atoms with E-state index in [4.69, 9.17) is 10.8 Å². The Bertz CT molecular complexity index is 1820. The summed E-state index contributed by atoms with van der Waals surface area (Å²) in [4.78, 5) is 93.4. The van der Waals surface area contributed by atoms with Crippen LogP contribution >= 0.6 is 0 Å². The molecule has 2 fully saturated rings. The Morgan fingerprint density at radius 2 is 1.38 bits per heavy atom. The maximum atomic E-state index is 13.8. The number of benzene rings is 1. The van der Waals surface area contributed by atoms with Crippen molar-refractivity contribution in [1.82, 2.24) is 42.2 Å². The molecule has 61 heavy (non-hydrogen) atoms. The van der Waals surface area contributed by atoms with Gasteiger partial charge in [-0.2, -0.15) is 0 Å². The van der Waals surface area contributed by atoms with Crippen LogP contribution in [0.15, 0.2) is 30.5 Å². The summed E-state index contributed by atoms with van der Waals surface area (Å²) in [6, 6.07) is 4.42. The van der Waals surface area contributed by atoms with E-state index in [-0.39, 0.29) is 80.2 Å². The number of aromatic nitrogens is 1. The average molecular weight is 854 g/mol. The summed E-state index contributed by atoms with van der Waals surface area (Å²) in [5.41, 5.74) is 8.21. The molecule has 3 heterocycles. The first kappa shape index (κ1) is 48.6. The van der Waals surface area contributed by atoms with E-state index in [0.29, 0.717) is 38.8 Å². The number of rotatable bonds is 23. The molecule has 338 valence electrons. The Morgan fingerprint density at radius 1 is 0.738 bits per heavy atom. The smallest absolute Gasteiger partial charge is 0.305 e. The van der Waals surface area contributed by atoms with Crippen LogP contribution in [0, 0.1) is 23.7 Å². The number of carbonyl (C=O) groups is 7. The van der Waals surface area contributed by atoms with Crippen molar-refractivity contribution in [2.75, 3.05) is 26.2 Å². The van der Waals surface area contributed by atoms with E-state index in [2.05, 4.69) is 42.2 Å². The fraction of sp³-hybridized carbons (Fsp3) is 0.651. The molecule has 0 bridgehead atoms. The van der Waals surface area contributed by atoms with Gasteiger partial charge in [0.1, 0.15) is 0 Å². The van der Waals surface area contributed by atoms with Crippen molar-refractivity contribution in [3.63, 3.8) is 0 Å². The largest absolute Gasteiger partial charge is 0.481 e. The van der Waals surface area contributed by atoms with Gasteiger partial charge in [0.05, 0.1) is 18.3 Å². The second kappa shape index (κ2) is 23.8. The molecule has 5 amide bonds. The fourth-order valence-corrected chi connectivity index (χ4v) is 8.24. The third-order valence-corrected chi connectivity index (χ3v) is 11.5. The number of hydrogen-bond acceptors (Lipinski definition) is 10. The van der Waals surface area contributed by atoms with E-state index in [9.17, 15) is 38.7 Å². The van der Waals surface area contributed by atoms with Gasteiger partial charge in [-0.25, -0.2) is 0 Å². The van der Waals surface area contributed by atoms with Gasteiger partial charge in [0, 0.05) is 92.1 Å². The maximum Gasteiger partial charge on any atom is 0.305 e. The predicted molar refractivity (Wildman–Crippen MR) is 229 cm³/mol. The molecule has 0 spiro atoms. The molecule has 0 radical (unpaired) electrons. The first-order chi connectivity index (χ1) is 29.0. The second-order valence-corrected chi connectivity index (χ2v) is 17.5. The zero-order chi connectivity index (χ0) is 44.6. The van der Waals surface area contributed by atoms with Gasteiger partial charge in [0.15, 0.2) is 0 Å². The van der Waals surface area contributed by atoms with E-state index in [0.717, 1.165) is 23.0 Å². The highest BCUT2D eigenvalue weighted by molar-refractivity contribution is 5.86. The van der Waals surface area contributed by atoms with Crippen molar-refractivity contribution in [3.05, 3.63) is 36.0 Å². The van der Waals surface area contributed by atoms with Crippen LogP contribution in [0.1, 0.15) is 91.0 Å². The molecule has 1 aromatic heterocycles. The third kappa shape index (κ3) is 16.0. The number of nitrogens with one attached hydrogen (secondary N) is 8. The number of nitrogens with two attached hydrogens (primary N) is 1. The highest BCUT2D eigenvalue weighted by Crippen LogP contribution is 2.21. The number of carboxylic acid groups (broad SMARTS) is 2. The topological polar surface area (TPSA) is 286 Å². The van der Waals surface area contributed by atoms with Gasteiger partial charge in [-0.15, -0.1) is 0 Å². The fourth-order valence-electron chi connectivity index (χ4n) is 8.24. The maximum absolute atomic E-state index is 13.8. The summed E-state index contributed by atoms with van der Waals surface area (Å²) in [6.45, 7) is 9.72. The van der Waals surface area contributed by atoms with Crippen LogP contribution in [-0.4, -0.2) is 119 Å². The number of fused-ring (bicyclic) bond motifs is 1. The molecule has 0 unspecified atom stereocenters. The minimum absolute atomic E-state index is 0.0276. The highest BCUT2D eigenvalue weighted by atomic mass is 16.4. The highest BCUT2D eigenvalue weighted by Gasteiger charge is 2.35. The van der Waals surface area contributed by atoms with Gasteiger partial charge in [0.2, 0.25) is 29.5 Å². The zero-order valence-electron chi connectivity index (χ0n) is 35.9. The summed E-state index contributed by atoms with van der Waals surface area (Å²) in [5.74, 6) is -5.15. The van der Waals surface area contributed by atoms with Gasteiger partial charge in [-0.1, -0.05) is 45.9 Å². The summed E-state index contributed by atoms with van der Waals surface area (Å²) >= 11 is 0. The quantitative estimate of drug-likeness (QED) is 0.0744. The molecule has 0 aliphatic carbocycles. The normalized spacial score (nSPS) is 21.2. The van der Waals surface area contributed by atoms with Gasteiger partial charge in [0.25, 0.3) is 0 Å². The number of amides is 5. The molecular weight excluding hydrogens is 787 g/mol. The molecule has 2 aromatic rings. The SMILES string of the molecule is CC(C)C[C@@H](CC(=O)N[C@@H](CCC(=O)O)CC(=O)O)NC(=O)[C@@H]1CNCC[C@H]1NC(=O)C[C@@H](NC(=O)C[C@H](Cc1c[nH]c2ccccc12)NC(=O)[C@@H]1CNCC[C@H]1N)C(C)C.